The van der Waals surface area contributed by atoms with Gasteiger partial charge in [-0.25, -0.2) is 0 Å². The summed E-state index contributed by atoms with van der Waals surface area (Å²) in [5, 5.41) is 0. The summed E-state index contributed by atoms with van der Waals surface area (Å²) < 4.78 is 16.8. The molecule has 1 aliphatic carbocycles. The fraction of sp³-hybridized carbons (Fsp3) is 0.333. The third-order valence-corrected chi connectivity index (χ3v) is 6.58. The van der Waals surface area contributed by atoms with Crippen molar-refractivity contribution in [1.82, 2.24) is 4.90 Å². The van der Waals surface area contributed by atoms with Gasteiger partial charge in [0.2, 0.25) is 0 Å². The minimum absolute atomic E-state index is 0.00506. The lowest BCUT2D eigenvalue weighted by Crippen LogP contribution is -2.41. The van der Waals surface area contributed by atoms with Crippen LogP contribution in [-0.4, -0.2) is 36.5 Å². The molecule has 3 aromatic carbocycles. The predicted molar refractivity (Wildman–Crippen MR) is 142 cm³/mol. The molecule has 0 unspecified atom stereocenters. The molecule has 1 aliphatic rings. The molecular weight excluding hydrogens is 468 g/mol. The molecule has 4 rings (SSSR count). The van der Waals surface area contributed by atoms with Crippen molar-refractivity contribution < 1.29 is 23.8 Å². The molecule has 2 N–H and O–H groups in total. The third-order valence-electron chi connectivity index (χ3n) is 6.58. The van der Waals surface area contributed by atoms with E-state index in [-0.39, 0.29) is 18.6 Å². The molecule has 1 fully saturated rings. The molecule has 0 saturated heterocycles. The minimum atomic E-state index is -0.559. The van der Waals surface area contributed by atoms with Gasteiger partial charge in [-0.2, -0.15) is 0 Å². The summed E-state index contributed by atoms with van der Waals surface area (Å²) in [6, 6.07) is 23.0. The van der Waals surface area contributed by atoms with Crippen LogP contribution in [0, 0.1) is 0 Å². The molecule has 194 valence electrons. The van der Waals surface area contributed by atoms with E-state index in [4.69, 9.17) is 19.9 Å². The molecule has 3 aromatic rings. The van der Waals surface area contributed by atoms with Crippen molar-refractivity contribution in [2.75, 3.05) is 13.7 Å². The number of methoxy groups -OCH3 is 1. The van der Waals surface area contributed by atoms with E-state index >= 15 is 0 Å². The maximum atomic E-state index is 13.7. The number of hydrogen-bond donors (Lipinski definition) is 1. The largest absolute Gasteiger partial charge is 0.493 e. The van der Waals surface area contributed by atoms with E-state index in [2.05, 4.69) is 0 Å². The Kier molecular flexibility index (Phi) is 9.03. The van der Waals surface area contributed by atoms with Gasteiger partial charge < -0.3 is 24.8 Å². The summed E-state index contributed by atoms with van der Waals surface area (Å²) in [5.74, 6) is 1.09. The molecule has 7 nitrogen and oxygen atoms in total. The number of carbonyl (C=O) groups excluding carboxylic acids is 2. The molecule has 2 amide bonds. The van der Waals surface area contributed by atoms with Gasteiger partial charge in [-0.05, 0) is 60.4 Å². The molecule has 7 heteroatoms. The molecule has 0 aliphatic heterocycles. The second-order valence-corrected chi connectivity index (χ2v) is 9.26. The average Bonchev–Trinajstić information content (AvgIpc) is 2.94. The molecule has 1 saturated carbocycles. The number of nitrogens with two attached hydrogens (primary N) is 1. The van der Waals surface area contributed by atoms with Crippen LogP contribution >= 0.6 is 0 Å². The zero-order valence-corrected chi connectivity index (χ0v) is 21.2. The van der Waals surface area contributed by atoms with Crippen LogP contribution in [-0.2, 0) is 17.9 Å². The number of benzene rings is 3. The number of nitrogens with zero attached hydrogens (tertiary/aromatic N) is 1. The van der Waals surface area contributed by atoms with Crippen LogP contribution in [0.25, 0.3) is 0 Å². The van der Waals surface area contributed by atoms with Crippen LogP contribution in [0.4, 0.5) is 0 Å². The summed E-state index contributed by atoms with van der Waals surface area (Å²) in [5.41, 5.74) is 7.84. The number of amides is 2. The number of ether oxygens (including phenoxy) is 3. The summed E-state index contributed by atoms with van der Waals surface area (Å²) in [6.07, 6.45) is 5.40. The predicted octanol–water partition coefficient (Wildman–Crippen LogP) is 5.11. The van der Waals surface area contributed by atoms with Crippen molar-refractivity contribution >= 4 is 11.8 Å². The molecule has 0 bridgehead atoms. The van der Waals surface area contributed by atoms with E-state index in [9.17, 15) is 9.59 Å². The Balaban J connectivity index is 1.49. The van der Waals surface area contributed by atoms with Crippen molar-refractivity contribution in [2.45, 2.75) is 51.3 Å². The molecule has 0 spiro atoms. The fourth-order valence-electron chi connectivity index (χ4n) is 4.64. The smallest absolute Gasteiger partial charge is 0.255 e. The van der Waals surface area contributed by atoms with Crippen molar-refractivity contribution in [3.05, 3.63) is 89.5 Å². The zero-order chi connectivity index (χ0) is 26.0. The standard InChI is InChI=1S/C30H34N2O5/c1-35-28-18-23(12-17-27(28)37-21-29(31)33)19-32(25-10-6-3-7-11-25)30(34)24-13-15-26(16-14-24)36-20-22-8-4-2-5-9-22/h2,4-5,8-9,12-18,25H,3,6-7,10-11,19-21H2,1H3,(H2,31,33). The van der Waals surface area contributed by atoms with Crippen LogP contribution in [0.5, 0.6) is 17.2 Å². The van der Waals surface area contributed by atoms with E-state index in [0.29, 0.717) is 30.2 Å². The van der Waals surface area contributed by atoms with E-state index in [1.807, 2.05) is 71.6 Å². The average molecular weight is 503 g/mol. The lowest BCUT2D eigenvalue weighted by molar-refractivity contribution is -0.119. The van der Waals surface area contributed by atoms with Gasteiger partial charge in [-0.15, -0.1) is 0 Å². The number of carbonyl (C=O) groups is 2. The first-order valence-corrected chi connectivity index (χ1v) is 12.7. The minimum Gasteiger partial charge on any atom is -0.493 e. The Hall–Kier alpha value is -4.00. The lowest BCUT2D eigenvalue weighted by atomic mass is 9.93. The maximum Gasteiger partial charge on any atom is 0.255 e. The first kappa shape index (κ1) is 26.1. The van der Waals surface area contributed by atoms with Gasteiger partial charge >= 0.3 is 0 Å². The summed E-state index contributed by atoms with van der Waals surface area (Å²) in [7, 11) is 1.54. The van der Waals surface area contributed by atoms with Crippen LogP contribution in [0.2, 0.25) is 0 Å². The van der Waals surface area contributed by atoms with Crippen LogP contribution in [0.1, 0.15) is 53.6 Å². The number of rotatable bonds is 11. The van der Waals surface area contributed by atoms with Crippen molar-refractivity contribution in [1.29, 1.82) is 0 Å². The highest BCUT2D eigenvalue weighted by Gasteiger charge is 2.27. The van der Waals surface area contributed by atoms with Gasteiger partial charge in [0.15, 0.2) is 18.1 Å². The SMILES string of the molecule is COc1cc(CN(C(=O)c2ccc(OCc3ccccc3)cc2)C2CCCCC2)ccc1OCC(N)=O. The second kappa shape index (κ2) is 12.8. The van der Waals surface area contributed by atoms with Crippen LogP contribution in [0.15, 0.2) is 72.8 Å². The molecule has 0 atom stereocenters. The van der Waals surface area contributed by atoms with Crippen molar-refractivity contribution in [3.8, 4) is 17.2 Å². The number of hydrogen-bond acceptors (Lipinski definition) is 5. The topological polar surface area (TPSA) is 91.1 Å². The highest BCUT2D eigenvalue weighted by molar-refractivity contribution is 5.94. The first-order chi connectivity index (χ1) is 18.0. The van der Waals surface area contributed by atoms with Gasteiger partial charge in [-0.1, -0.05) is 55.7 Å². The summed E-state index contributed by atoms with van der Waals surface area (Å²) >= 11 is 0. The van der Waals surface area contributed by atoms with E-state index < -0.39 is 5.91 Å². The van der Waals surface area contributed by atoms with Crippen LogP contribution < -0.4 is 19.9 Å². The van der Waals surface area contributed by atoms with Gasteiger partial charge in [-0.3, -0.25) is 9.59 Å². The van der Waals surface area contributed by atoms with Gasteiger partial charge in [0.05, 0.1) is 7.11 Å². The van der Waals surface area contributed by atoms with Crippen molar-refractivity contribution in [2.24, 2.45) is 5.73 Å². The maximum absolute atomic E-state index is 13.7. The zero-order valence-electron chi connectivity index (χ0n) is 21.2. The van der Waals surface area contributed by atoms with Gasteiger partial charge in [0, 0.05) is 18.2 Å². The quantitative estimate of drug-likeness (QED) is 0.393. The Morgan fingerprint density at radius 1 is 0.865 bits per heavy atom. The summed E-state index contributed by atoms with van der Waals surface area (Å²) in [6.45, 7) is 0.693. The lowest BCUT2D eigenvalue weighted by Gasteiger charge is -2.35. The molecule has 0 aromatic heterocycles. The molecule has 0 heterocycles. The Morgan fingerprint density at radius 2 is 1.59 bits per heavy atom. The Bertz CT molecular complexity index is 1170. The molecule has 37 heavy (non-hydrogen) atoms. The van der Waals surface area contributed by atoms with E-state index in [1.165, 1.54) is 6.42 Å². The Morgan fingerprint density at radius 3 is 2.27 bits per heavy atom. The molecular formula is C30H34N2O5. The van der Waals surface area contributed by atoms with Crippen molar-refractivity contribution in [3.63, 3.8) is 0 Å². The van der Waals surface area contributed by atoms with E-state index in [0.717, 1.165) is 42.6 Å². The second-order valence-electron chi connectivity index (χ2n) is 9.26. The van der Waals surface area contributed by atoms with E-state index in [1.54, 1.807) is 13.2 Å². The third kappa shape index (κ3) is 7.26. The van der Waals surface area contributed by atoms with Crippen LogP contribution in [0.3, 0.4) is 0 Å². The monoisotopic (exact) mass is 502 g/mol. The fourth-order valence-corrected chi connectivity index (χ4v) is 4.64. The molecule has 0 radical (unpaired) electrons. The number of primary amides is 1. The van der Waals surface area contributed by atoms with Gasteiger partial charge in [0.1, 0.15) is 12.4 Å². The van der Waals surface area contributed by atoms with Gasteiger partial charge in [0.25, 0.3) is 11.8 Å². The normalized spacial score (nSPS) is 13.5. The Labute approximate surface area is 218 Å². The highest BCUT2D eigenvalue weighted by atomic mass is 16.5. The highest BCUT2D eigenvalue weighted by Crippen LogP contribution is 2.31. The summed E-state index contributed by atoms with van der Waals surface area (Å²) in [4.78, 5) is 26.8. The first-order valence-electron chi connectivity index (χ1n) is 12.7.